The van der Waals surface area contributed by atoms with Crippen LogP contribution in [0.1, 0.15) is 40.2 Å². The Bertz CT molecular complexity index is 1390. The number of anilines is 2. The third-order valence-corrected chi connectivity index (χ3v) is 6.59. The van der Waals surface area contributed by atoms with Gasteiger partial charge in [0.2, 0.25) is 16.1 Å². The van der Waals surface area contributed by atoms with Crippen molar-refractivity contribution in [2.45, 2.75) is 58.6 Å². The van der Waals surface area contributed by atoms with Gasteiger partial charge < -0.3 is 14.8 Å². The van der Waals surface area contributed by atoms with Crippen molar-refractivity contribution < 1.29 is 35.9 Å². The second-order valence-electron chi connectivity index (χ2n) is 10.1. The number of sulfone groups is 1. The van der Waals surface area contributed by atoms with Crippen LogP contribution in [0.3, 0.4) is 0 Å². The van der Waals surface area contributed by atoms with E-state index in [0.29, 0.717) is 11.4 Å². The molecule has 1 unspecified atom stereocenters. The number of rotatable bonds is 10. The number of carbonyl (C=O) groups is 2. The fourth-order valence-electron chi connectivity index (χ4n) is 3.15. The second kappa shape index (κ2) is 11.1. The molecule has 1 atom stereocenters. The van der Waals surface area contributed by atoms with Crippen molar-refractivity contribution in [1.29, 1.82) is 0 Å². The molecule has 0 fully saturated rings. The first kappa shape index (κ1) is 30.1. The number of hydrogen-bond acceptors (Lipinski definition) is 8. The van der Waals surface area contributed by atoms with Gasteiger partial charge in [-0.1, -0.05) is 26.8 Å². The van der Waals surface area contributed by atoms with Crippen LogP contribution < -0.4 is 19.5 Å². The first-order chi connectivity index (χ1) is 16.8. The number of aryl methyl sites for hydroxylation is 1. The zero-order chi connectivity index (χ0) is 28.3. The molecule has 12 heteroatoms. The monoisotopic (exact) mass is 554 g/mol. The summed E-state index contributed by atoms with van der Waals surface area (Å²) in [5, 5.41) is 2.68. The Kier molecular flexibility index (Phi) is 9.03. The van der Waals surface area contributed by atoms with Crippen molar-refractivity contribution in [2.75, 3.05) is 22.6 Å². The smallest absolute Gasteiger partial charge is 0.273 e. The van der Waals surface area contributed by atoms with Crippen molar-refractivity contribution in [3.63, 3.8) is 0 Å². The van der Waals surface area contributed by atoms with Crippen LogP contribution in [-0.4, -0.2) is 53.2 Å². The lowest BCUT2D eigenvalue weighted by molar-refractivity contribution is -0.140. The van der Waals surface area contributed by atoms with Crippen molar-refractivity contribution in [3.05, 3.63) is 42.0 Å². The third kappa shape index (κ3) is 8.74. The van der Waals surface area contributed by atoms with Crippen molar-refractivity contribution in [1.82, 2.24) is 0 Å². The van der Waals surface area contributed by atoms with E-state index in [2.05, 4.69) is 10.0 Å². The highest BCUT2D eigenvalue weighted by atomic mass is 32.2. The number of Topliss-reactive ketones (excluding diaryl/α,β-unsaturated/α-hetero) is 1. The number of ketones is 1. The molecule has 1 amide bonds. The summed E-state index contributed by atoms with van der Waals surface area (Å²) in [6.45, 7) is 10.4. The number of nitrogens with one attached hydrogen (secondary N) is 2. The maximum absolute atomic E-state index is 13.4. The molecule has 0 aliphatic carbocycles. The quantitative estimate of drug-likeness (QED) is 0.424. The lowest BCUT2D eigenvalue weighted by Crippen LogP contribution is -2.45. The summed E-state index contributed by atoms with van der Waals surface area (Å²) in [5.41, 5.74) is -0.0239. The molecule has 10 nitrogen and oxygen atoms in total. The van der Waals surface area contributed by atoms with Crippen LogP contribution in [0.15, 0.2) is 41.3 Å². The molecule has 2 rings (SSSR count). The summed E-state index contributed by atoms with van der Waals surface area (Å²) >= 11 is 0. The van der Waals surface area contributed by atoms with Gasteiger partial charge in [-0.2, -0.15) is 0 Å². The van der Waals surface area contributed by atoms with E-state index in [1.54, 1.807) is 39.0 Å². The highest BCUT2D eigenvalue weighted by molar-refractivity contribution is 7.92. The SMILES string of the molecule is Cc1ccc(NC(=O)C(Oc2ccc(S(C)(=O)=O)cc2NS(C)(=O)=O)C(=O)C(C)(C)C)c(OC(C)C)c1. The second-order valence-corrected chi connectivity index (χ2v) is 13.8. The zero-order valence-corrected chi connectivity index (χ0v) is 23.8. The molecule has 0 bridgehead atoms. The van der Waals surface area contributed by atoms with Gasteiger partial charge in [-0.05, 0) is 56.7 Å². The first-order valence-corrected chi connectivity index (χ1v) is 15.2. The molecule has 37 heavy (non-hydrogen) atoms. The molecule has 0 heterocycles. The topological polar surface area (TPSA) is 145 Å². The van der Waals surface area contributed by atoms with E-state index in [9.17, 15) is 26.4 Å². The maximum atomic E-state index is 13.4. The Morgan fingerprint density at radius 3 is 2.00 bits per heavy atom. The van der Waals surface area contributed by atoms with E-state index in [1.165, 1.54) is 12.1 Å². The van der Waals surface area contributed by atoms with Gasteiger partial charge in [0.25, 0.3) is 5.91 Å². The molecule has 2 aromatic rings. The van der Waals surface area contributed by atoms with Gasteiger partial charge in [-0.15, -0.1) is 0 Å². The highest BCUT2D eigenvalue weighted by Crippen LogP contribution is 2.32. The normalized spacial score (nSPS) is 13.1. The van der Waals surface area contributed by atoms with E-state index < -0.39 is 43.1 Å². The minimum Gasteiger partial charge on any atom is -0.489 e. The third-order valence-electron chi connectivity index (χ3n) is 4.89. The number of benzene rings is 2. The van der Waals surface area contributed by atoms with Crippen LogP contribution in [-0.2, 0) is 29.4 Å². The molecule has 0 aliphatic rings. The molecular formula is C25H34N2O8S2. The zero-order valence-electron chi connectivity index (χ0n) is 22.2. The van der Waals surface area contributed by atoms with Crippen molar-refractivity contribution in [3.8, 4) is 11.5 Å². The molecule has 0 saturated heterocycles. The van der Waals surface area contributed by atoms with Gasteiger partial charge in [0.05, 0.1) is 28.6 Å². The van der Waals surface area contributed by atoms with Crippen molar-refractivity contribution >= 4 is 42.9 Å². The van der Waals surface area contributed by atoms with E-state index in [0.717, 1.165) is 24.1 Å². The van der Waals surface area contributed by atoms with Gasteiger partial charge in [0.15, 0.2) is 15.6 Å². The van der Waals surface area contributed by atoms with Crippen molar-refractivity contribution in [2.24, 2.45) is 5.41 Å². The van der Waals surface area contributed by atoms with Gasteiger partial charge in [-0.25, -0.2) is 16.8 Å². The fraction of sp³-hybridized carbons (Fsp3) is 0.440. The number of sulfonamides is 1. The Morgan fingerprint density at radius 2 is 1.49 bits per heavy atom. The predicted octanol–water partition coefficient (Wildman–Crippen LogP) is 3.56. The average molecular weight is 555 g/mol. The van der Waals surface area contributed by atoms with Gasteiger partial charge in [0.1, 0.15) is 11.5 Å². The summed E-state index contributed by atoms with van der Waals surface area (Å²) in [4.78, 5) is 26.5. The Morgan fingerprint density at radius 1 is 0.865 bits per heavy atom. The number of hydrogen-bond donors (Lipinski definition) is 2. The molecule has 0 aliphatic heterocycles. The molecule has 2 N–H and O–H groups in total. The van der Waals surface area contributed by atoms with Crippen LogP contribution in [0.5, 0.6) is 11.5 Å². The minimum absolute atomic E-state index is 0.177. The van der Waals surface area contributed by atoms with Gasteiger partial charge >= 0.3 is 0 Å². The molecule has 0 aromatic heterocycles. The van der Waals surface area contributed by atoms with Crippen LogP contribution >= 0.6 is 0 Å². The molecule has 0 saturated carbocycles. The number of ether oxygens (including phenoxy) is 2. The van der Waals surface area contributed by atoms with Crippen LogP contribution in [0.2, 0.25) is 0 Å². The number of amides is 1. The minimum atomic E-state index is -3.86. The summed E-state index contributed by atoms with van der Waals surface area (Å²) in [5.74, 6) is -1.18. The largest absolute Gasteiger partial charge is 0.489 e. The standard InChI is InChI=1S/C25H34N2O8S2/c1-15(2)34-21-13-16(3)9-11-18(21)26-24(29)22(23(28)25(4,5)6)35-20-12-10-17(36(7,30)31)14-19(20)27-37(8,32)33/h9-15,22,27H,1-8H3,(H,26,29). The molecular weight excluding hydrogens is 520 g/mol. The Labute approximate surface area is 218 Å². The Hall–Kier alpha value is -3.12. The van der Waals surface area contributed by atoms with Gasteiger partial charge in [0, 0.05) is 11.7 Å². The molecule has 2 aromatic carbocycles. The van der Waals surface area contributed by atoms with Crippen LogP contribution in [0.25, 0.3) is 0 Å². The molecule has 0 radical (unpaired) electrons. The van der Waals surface area contributed by atoms with Crippen LogP contribution in [0, 0.1) is 12.3 Å². The molecule has 0 spiro atoms. The van der Waals surface area contributed by atoms with Crippen LogP contribution in [0.4, 0.5) is 11.4 Å². The van der Waals surface area contributed by atoms with E-state index >= 15 is 0 Å². The predicted molar refractivity (Wildman–Crippen MR) is 142 cm³/mol. The lowest BCUT2D eigenvalue weighted by atomic mass is 9.87. The fourth-order valence-corrected chi connectivity index (χ4v) is 4.36. The Balaban J connectivity index is 2.56. The first-order valence-electron chi connectivity index (χ1n) is 11.4. The van der Waals surface area contributed by atoms with E-state index in [4.69, 9.17) is 9.47 Å². The molecule has 204 valence electrons. The van der Waals surface area contributed by atoms with E-state index in [1.807, 2.05) is 20.8 Å². The highest BCUT2D eigenvalue weighted by Gasteiger charge is 2.37. The lowest BCUT2D eigenvalue weighted by Gasteiger charge is -2.26. The summed E-state index contributed by atoms with van der Waals surface area (Å²) in [7, 11) is -7.55. The van der Waals surface area contributed by atoms with Gasteiger partial charge in [-0.3, -0.25) is 14.3 Å². The summed E-state index contributed by atoms with van der Waals surface area (Å²) in [6, 6.07) is 8.61. The summed E-state index contributed by atoms with van der Waals surface area (Å²) in [6.07, 6.45) is -0.0384. The van der Waals surface area contributed by atoms with E-state index in [-0.39, 0.29) is 22.4 Å². The average Bonchev–Trinajstić information content (AvgIpc) is 2.71. The number of carbonyl (C=O) groups excluding carboxylic acids is 2. The summed E-state index contributed by atoms with van der Waals surface area (Å²) < 4.78 is 61.7. The maximum Gasteiger partial charge on any atom is 0.273 e.